The highest BCUT2D eigenvalue weighted by atomic mass is 16.3. The molecule has 126 valence electrons. The van der Waals surface area contributed by atoms with Crippen LogP contribution < -0.4 is 10.6 Å². The summed E-state index contributed by atoms with van der Waals surface area (Å²) in [5.41, 5.74) is 1.06. The number of hydrogen-bond donors (Lipinski definition) is 3. The fourth-order valence-corrected chi connectivity index (χ4v) is 3.05. The van der Waals surface area contributed by atoms with Gasteiger partial charge >= 0.3 is 0 Å². The van der Waals surface area contributed by atoms with E-state index in [0.29, 0.717) is 6.54 Å². The number of hydrogen-bond acceptors (Lipinski definition) is 3. The summed E-state index contributed by atoms with van der Waals surface area (Å²) < 4.78 is 0. The van der Waals surface area contributed by atoms with E-state index in [4.69, 9.17) is 0 Å². The fourth-order valence-electron chi connectivity index (χ4n) is 3.05. The molecule has 2 amide bonds. The van der Waals surface area contributed by atoms with Crippen LogP contribution in [0.1, 0.15) is 51.0 Å². The maximum atomic E-state index is 12.0. The topological polar surface area (TPSA) is 78.4 Å². The zero-order valence-electron chi connectivity index (χ0n) is 13.7. The standard InChI is InChI=1S/C18H26N2O3/c1-14(21)20-16-7-5-15(6-8-16)9-12-19-17(22)13-18(23)10-3-2-4-11-18/h5-8,23H,2-4,9-13H2,1H3,(H,19,22)(H,20,21). The van der Waals surface area contributed by atoms with Crippen LogP contribution in [0.4, 0.5) is 5.69 Å². The van der Waals surface area contributed by atoms with E-state index in [2.05, 4.69) is 10.6 Å². The van der Waals surface area contributed by atoms with Crippen LogP contribution in [0.2, 0.25) is 0 Å². The van der Waals surface area contributed by atoms with Gasteiger partial charge in [-0.15, -0.1) is 0 Å². The van der Waals surface area contributed by atoms with Crippen molar-refractivity contribution in [2.24, 2.45) is 0 Å². The molecule has 23 heavy (non-hydrogen) atoms. The number of amides is 2. The van der Waals surface area contributed by atoms with Crippen LogP contribution in [0, 0.1) is 0 Å². The van der Waals surface area contributed by atoms with Crippen molar-refractivity contribution >= 4 is 17.5 Å². The van der Waals surface area contributed by atoms with Crippen LogP contribution in [0.15, 0.2) is 24.3 Å². The maximum absolute atomic E-state index is 12.0. The van der Waals surface area contributed by atoms with Gasteiger partial charge in [-0.05, 0) is 37.0 Å². The largest absolute Gasteiger partial charge is 0.389 e. The number of anilines is 1. The molecule has 1 aromatic rings. The second-order valence-corrected chi connectivity index (χ2v) is 6.44. The van der Waals surface area contributed by atoms with E-state index < -0.39 is 5.60 Å². The Kier molecular flexibility index (Phi) is 6.16. The Bertz CT molecular complexity index is 534. The molecule has 2 rings (SSSR count). The van der Waals surface area contributed by atoms with Gasteiger partial charge in [0, 0.05) is 19.2 Å². The molecular weight excluding hydrogens is 292 g/mol. The number of aliphatic hydroxyl groups is 1. The number of benzene rings is 1. The second kappa shape index (κ2) is 8.11. The smallest absolute Gasteiger partial charge is 0.222 e. The minimum Gasteiger partial charge on any atom is -0.389 e. The van der Waals surface area contributed by atoms with E-state index in [1.807, 2.05) is 24.3 Å². The summed E-state index contributed by atoms with van der Waals surface area (Å²) in [5, 5.41) is 16.0. The molecule has 0 saturated heterocycles. The predicted octanol–water partition coefficient (Wildman–Crippen LogP) is 2.39. The predicted molar refractivity (Wildman–Crippen MR) is 90.1 cm³/mol. The lowest BCUT2D eigenvalue weighted by Gasteiger charge is -2.31. The minimum atomic E-state index is -0.803. The van der Waals surface area contributed by atoms with Gasteiger partial charge in [0.2, 0.25) is 11.8 Å². The number of nitrogens with one attached hydrogen (secondary N) is 2. The van der Waals surface area contributed by atoms with Crippen molar-refractivity contribution in [3.8, 4) is 0 Å². The lowest BCUT2D eigenvalue weighted by Crippen LogP contribution is -2.38. The molecule has 1 aliphatic rings. The second-order valence-electron chi connectivity index (χ2n) is 6.44. The van der Waals surface area contributed by atoms with Crippen molar-refractivity contribution in [2.45, 2.75) is 57.5 Å². The first-order chi connectivity index (χ1) is 11.0. The first-order valence-corrected chi connectivity index (χ1v) is 8.32. The highest BCUT2D eigenvalue weighted by Crippen LogP contribution is 2.30. The van der Waals surface area contributed by atoms with Crippen LogP contribution >= 0.6 is 0 Å². The Balaban J connectivity index is 1.71. The minimum absolute atomic E-state index is 0.0794. The average Bonchev–Trinajstić information content (AvgIpc) is 2.48. The fraction of sp³-hybridized carbons (Fsp3) is 0.556. The van der Waals surface area contributed by atoms with E-state index in [1.54, 1.807) is 0 Å². The lowest BCUT2D eigenvalue weighted by atomic mass is 9.82. The van der Waals surface area contributed by atoms with Gasteiger partial charge in [0.1, 0.15) is 0 Å². The summed E-state index contributed by atoms with van der Waals surface area (Å²) in [7, 11) is 0. The highest BCUT2D eigenvalue weighted by molar-refractivity contribution is 5.88. The monoisotopic (exact) mass is 318 g/mol. The van der Waals surface area contributed by atoms with Crippen molar-refractivity contribution in [3.63, 3.8) is 0 Å². The van der Waals surface area contributed by atoms with Gasteiger partial charge in [0.15, 0.2) is 0 Å². The Labute approximate surface area is 137 Å². The van der Waals surface area contributed by atoms with Gasteiger partial charge in [-0.1, -0.05) is 31.4 Å². The Morgan fingerprint density at radius 2 is 1.78 bits per heavy atom. The molecule has 0 radical (unpaired) electrons. The zero-order valence-corrected chi connectivity index (χ0v) is 13.7. The summed E-state index contributed by atoms with van der Waals surface area (Å²) in [4.78, 5) is 22.9. The Morgan fingerprint density at radius 1 is 1.13 bits per heavy atom. The summed E-state index contributed by atoms with van der Waals surface area (Å²) in [5.74, 6) is -0.171. The molecule has 5 nitrogen and oxygen atoms in total. The summed E-state index contributed by atoms with van der Waals surface area (Å²) >= 11 is 0. The molecule has 1 fully saturated rings. The zero-order chi connectivity index (χ0) is 16.7. The van der Waals surface area contributed by atoms with Crippen molar-refractivity contribution in [1.82, 2.24) is 5.32 Å². The van der Waals surface area contributed by atoms with E-state index in [0.717, 1.165) is 49.8 Å². The molecule has 0 heterocycles. The molecule has 0 aromatic heterocycles. The molecule has 0 bridgehead atoms. The van der Waals surface area contributed by atoms with Crippen LogP contribution in [-0.4, -0.2) is 29.1 Å². The molecule has 0 spiro atoms. The van der Waals surface area contributed by atoms with Crippen molar-refractivity contribution in [3.05, 3.63) is 29.8 Å². The van der Waals surface area contributed by atoms with Gasteiger partial charge < -0.3 is 15.7 Å². The number of rotatable bonds is 6. The molecule has 0 aliphatic heterocycles. The van der Waals surface area contributed by atoms with E-state index in [-0.39, 0.29) is 18.2 Å². The highest BCUT2D eigenvalue weighted by Gasteiger charge is 2.31. The van der Waals surface area contributed by atoms with E-state index >= 15 is 0 Å². The molecular formula is C18H26N2O3. The molecule has 1 aromatic carbocycles. The van der Waals surface area contributed by atoms with Gasteiger partial charge in [0.05, 0.1) is 12.0 Å². The van der Waals surface area contributed by atoms with Crippen LogP contribution in [0.5, 0.6) is 0 Å². The number of carbonyl (C=O) groups is 2. The van der Waals surface area contributed by atoms with Gasteiger partial charge in [-0.2, -0.15) is 0 Å². The van der Waals surface area contributed by atoms with Crippen LogP contribution in [-0.2, 0) is 16.0 Å². The first-order valence-electron chi connectivity index (χ1n) is 8.32. The normalized spacial score (nSPS) is 16.6. The number of carbonyl (C=O) groups excluding carboxylic acids is 2. The lowest BCUT2D eigenvalue weighted by molar-refractivity contribution is -0.127. The van der Waals surface area contributed by atoms with Crippen LogP contribution in [0.3, 0.4) is 0 Å². The molecule has 0 unspecified atom stereocenters. The Hall–Kier alpha value is -1.88. The average molecular weight is 318 g/mol. The van der Waals surface area contributed by atoms with Crippen LogP contribution in [0.25, 0.3) is 0 Å². The summed E-state index contributed by atoms with van der Waals surface area (Å²) in [6, 6.07) is 7.57. The van der Waals surface area contributed by atoms with Gasteiger partial charge in [0.25, 0.3) is 0 Å². The van der Waals surface area contributed by atoms with E-state index in [1.165, 1.54) is 6.92 Å². The van der Waals surface area contributed by atoms with E-state index in [9.17, 15) is 14.7 Å². The molecule has 1 saturated carbocycles. The summed E-state index contributed by atoms with van der Waals surface area (Å²) in [6.07, 6.45) is 5.54. The third-order valence-corrected chi connectivity index (χ3v) is 4.28. The Morgan fingerprint density at radius 3 is 2.39 bits per heavy atom. The van der Waals surface area contributed by atoms with Crippen molar-refractivity contribution < 1.29 is 14.7 Å². The third-order valence-electron chi connectivity index (χ3n) is 4.28. The molecule has 3 N–H and O–H groups in total. The maximum Gasteiger partial charge on any atom is 0.222 e. The molecule has 0 atom stereocenters. The first kappa shape index (κ1) is 17.5. The van der Waals surface area contributed by atoms with Gasteiger partial charge in [-0.3, -0.25) is 9.59 Å². The van der Waals surface area contributed by atoms with Crippen molar-refractivity contribution in [2.75, 3.05) is 11.9 Å². The van der Waals surface area contributed by atoms with Crippen molar-refractivity contribution in [1.29, 1.82) is 0 Å². The molecule has 1 aliphatic carbocycles. The SMILES string of the molecule is CC(=O)Nc1ccc(CCNC(=O)CC2(O)CCCCC2)cc1. The summed E-state index contributed by atoms with van der Waals surface area (Å²) in [6.45, 7) is 2.03. The molecule has 5 heteroatoms. The van der Waals surface area contributed by atoms with Gasteiger partial charge in [-0.25, -0.2) is 0 Å². The quantitative estimate of drug-likeness (QED) is 0.753. The third kappa shape index (κ3) is 6.02.